The molecule has 0 radical (unpaired) electrons. The van der Waals surface area contributed by atoms with Gasteiger partial charge in [-0.3, -0.25) is 0 Å². The van der Waals surface area contributed by atoms with Crippen LogP contribution in [-0.2, 0) is 0 Å². The van der Waals surface area contributed by atoms with Crippen molar-refractivity contribution in [1.29, 1.82) is 0 Å². The summed E-state index contributed by atoms with van der Waals surface area (Å²) in [6, 6.07) is 8.36. The first kappa shape index (κ1) is 17.4. The molecule has 0 aliphatic rings. The maximum absolute atomic E-state index is 4.00. The van der Waals surface area contributed by atoms with Crippen LogP contribution in [0.1, 0.15) is 18.6 Å². The molecule has 0 spiro atoms. The van der Waals surface area contributed by atoms with Crippen molar-refractivity contribution in [2.24, 2.45) is 0 Å². The fourth-order valence-electron chi connectivity index (χ4n) is 0.663. The molecule has 0 aliphatic heterocycles. The molecule has 0 N–H and O–H groups in total. The van der Waals surface area contributed by atoms with Crippen LogP contribution in [0.2, 0.25) is 0 Å². The van der Waals surface area contributed by atoms with Crippen molar-refractivity contribution in [3.05, 3.63) is 35.4 Å². The first-order valence-corrected chi connectivity index (χ1v) is 3.49. The molecule has 1 aromatic carbocycles. The lowest BCUT2D eigenvalue weighted by molar-refractivity contribution is 1.34. The molecular weight excluding hydrogens is 156 g/mol. The third-order valence-electron chi connectivity index (χ3n) is 1.43. The minimum atomic E-state index is 0. The molecule has 0 nitrogen and oxygen atoms in total. The van der Waals surface area contributed by atoms with Crippen molar-refractivity contribution in [1.82, 2.24) is 0 Å². The van der Waals surface area contributed by atoms with Crippen molar-refractivity contribution in [2.45, 2.75) is 21.3 Å². The summed E-state index contributed by atoms with van der Waals surface area (Å²) in [7, 11) is 0. The number of hydrogen-bond acceptors (Lipinski definition) is 0. The molecule has 0 heterocycles. The van der Waals surface area contributed by atoms with E-state index in [1.807, 2.05) is 0 Å². The van der Waals surface area contributed by atoms with Crippen LogP contribution in [0.4, 0.5) is 0 Å². The lowest BCUT2D eigenvalue weighted by Crippen LogP contribution is -1.74. The highest BCUT2D eigenvalue weighted by Gasteiger charge is 1.83. The van der Waals surface area contributed by atoms with Crippen molar-refractivity contribution in [2.75, 3.05) is 0 Å². The Kier molecular flexibility index (Phi) is 17.4. The van der Waals surface area contributed by atoms with Gasteiger partial charge in [-0.2, -0.15) is 0 Å². The number of terminal acetylenes is 2. The summed E-state index contributed by atoms with van der Waals surface area (Å²) in [6.07, 6.45) is 16.0. The minimum Gasteiger partial charge on any atom is -0.124 e. The Bertz CT molecular complexity index is 213. The molecule has 0 atom stereocenters. The minimum absolute atomic E-state index is 0. The summed E-state index contributed by atoms with van der Waals surface area (Å²) in [6.45, 7) is 4.24. The number of benzene rings is 1. The monoisotopic (exact) mass is 174 g/mol. The molecule has 0 aliphatic carbocycles. The summed E-state index contributed by atoms with van der Waals surface area (Å²) in [4.78, 5) is 0. The zero-order chi connectivity index (χ0) is 9.98. The third kappa shape index (κ3) is 8.24. The highest BCUT2D eigenvalue weighted by atomic mass is 13.9. The third-order valence-corrected chi connectivity index (χ3v) is 1.43. The molecule has 13 heavy (non-hydrogen) atoms. The number of hydrogen-bond donors (Lipinski definition) is 0. The van der Waals surface area contributed by atoms with Gasteiger partial charge in [-0.1, -0.05) is 31.7 Å². The fraction of sp³-hybridized carbons (Fsp3) is 0.231. The lowest BCUT2D eigenvalue weighted by Gasteiger charge is -1.93. The van der Waals surface area contributed by atoms with Crippen LogP contribution in [0.25, 0.3) is 0 Å². The van der Waals surface area contributed by atoms with Gasteiger partial charge in [0, 0.05) is 0 Å². The first-order chi connectivity index (χ1) is 5.80. The van der Waals surface area contributed by atoms with Gasteiger partial charge in [0.15, 0.2) is 0 Å². The highest BCUT2D eigenvalue weighted by Crippen LogP contribution is 2.02. The zero-order valence-electron chi connectivity index (χ0n) is 7.62. The molecular formula is C13H18. The van der Waals surface area contributed by atoms with Crippen LogP contribution in [0.15, 0.2) is 24.3 Å². The van der Waals surface area contributed by atoms with Crippen molar-refractivity contribution in [3.63, 3.8) is 0 Å². The van der Waals surface area contributed by atoms with Crippen LogP contribution in [-0.4, -0.2) is 0 Å². The summed E-state index contributed by atoms with van der Waals surface area (Å²) in [5, 5.41) is 0. The van der Waals surface area contributed by atoms with Crippen LogP contribution in [0, 0.1) is 39.5 Å². The predicted octanol–water partition coefficient (Wildman–Crippen LogP) is 3.44. The second-order valence-corrected chi connectivity index (χ2v) is 2.08. The Hall–Kier alpha value is -1.66. The summed E-state index contributed by atoms with van der Waals surface area (Å²) < 4.78 is 0. The second-order valence-electron chi connectivity index (χ2n) is 2.08. The van der Waals surface area contributed by atoms with E-state index in [2.05, 4.69) is 63.8 Å². The smallest absolute Gasteiger partial charge is 0.0395 e. The van der Waals surface area contributed by atoms with Gasteiger partial charge in [0.2, 0.25) is 0 Å². The average molecular weight is 174 g/mol. The summed E-state index contributed by atoms with van der Waals surface area (Å²) in [5.74, 6) is 0. The van der Waals surface area contributed by atoms with Gasteiger partial charge in [0.1, 0.15) is 0 Å². The standard InChI is InChI=1S/C8H10.2C2H2.CH4/c1-7-5-3-4-6-8(7)2;2*1-2;/h3-6H,1-2H3;2*1-2H;1H4. The highest BCUT2D eigenvalue weighted by molar-refractivity contribution is 5.23. The molecule has 0 fully saturated rings. The Morgan fingerprint density at radius 2 is 1.00 bits per heavy atom. The van der Waals surface area contributed by atoms with E-state index < -0.39 is 0 Å². The molecule has 70 valence electrons. The van der Waals surface area contributed by atoms with Crippen molar-refractivity contribution in [3.8, 4) is 25.7 Å². The molecule has 1 rings (SSSR count). The van der Waals surface area contributed by atoms with E-state index in [1.165, 1.54) is 11.1 Å². The van der Waals surface area contributed by atoms with Gasteiger partial charge in [0.05, 0.1) is 0 Å². The maximum atomic E-state index is 4.00. The van der Waals surface area contributed by atoms with Crippen molar-refractivity contribution < 1.29 is 0 Å². The molecule has 0 heteroatoms. The Balaban J connectivity index is -0.000000178. The number of rotatable bonds is 0. The maximum Gasteiger partial charge on any atom is -0.0395 e. The summed E-state index contributed by atoms with van der Waals surface area (Å²) in [5.41, 5.74) is 2.74. The van der Waals surface area contributed by atoms with Gasteiger partial charge in [-0.15, -0.1) is 25.7 Å². The largest absolute Gasteiger partial charge is 0.124 e. The molecule has 0 unspecified atom stereocenters. The van der Waals surface area contributed by atoms with Gasteiger partial charge in [0.25, 0.3) is 0 Å². The van der Waals surface area contributed by atoms with E-state index in [-0.39, 0.29) is 7.43 Å². The molecule has 0 aromatic heterocycles. The Labute approximate surface area is 83.0 Å². The number of aryl methyl sites for hydroxylation is 2. The van der Waals surface area contributed by atoms with E-state index in [9.17, 15) is 0 Å². The molecule has 0 amide bonds. The van der Waals surface area contributed by atoms with E-state index in [0.29, 0.717) is 0 Å². The van der Waals surface area contributed by atoms with Crippen molar-refractivity contribution >= 4 is 0 Å². The van der Waals surface area contributed by atoms with Gasteiger partial charge in [-0.25, -0.2) is 0 Å². The zero-order valence-corrected chi connectivity index (χ0v) is 7.62. The van der Waals surface area contributed by atoms with E-state index in [4.69, 9.17) is 0 Å². The summed E-state index contributed by atoms with van der Waals surface area (Å²) >= 11 is 0. The van der Waals surface area contributed by atoms with Gasteiger partial charge >= 0.3 is 0 Å². The van der Waals surface area contributed by atoms with Crippen LogP contribution in [0.5, 0.6) is 0 Å². The topological polar surface area (TPSA) is 0 Å². The fourth-order valence-corrected chi connectivity index (χ4v) is 0.663. The van der Waals surface area contributed by atoms with Gasteiger partial charge < -0.3 is 0 Å². The van der Waals surface area contributed by atoms with Crippen LogP contribution >= 0.6 is 0 Å². The SMILES string of the molecule is C.C#C.C#C.Cc1ccccc1C. The van der Waals surface area contributed by atoms with E-state index in [1.54, 1.807) is 0 Å². The molecule has 0 saturated heterocycles. The molecule has 0 bridgehead atoms. The van der Waals surface area contributed by atoms with Gasteiger partial charge in [-0.05, 0) is 25.0 Å². The Morgan fingerprint density at radius 3 is 1.15 bits per heavy atom. The second kappa shape index (κ2) is 13.0. The van der Waals surface area contributed by atoms with Crippen LogP contribution < -0.4 is 0 Å². The predicted molar refractivity (Wildman–Crippen MR) is 62.4 cm³/mol. The van der Waals surface area contributed by atoms with Crippen LogP contribution in [0.3, 0.4) is 0 Å². The quantitative estimate of drug-likeness (QED) is 0.528. The average Bonchev–Trinajstić information content (AvgIpc) is 2.17. The molecule has 0 saturated carbocycles. The van der Waals surface area contributed by atoms with E-state index >= 15 is 0 Å². The first-order valence-electron chi connectivity index (χ1n) is 3.49. The van der Waals surface area contributed by atoms with E-state index in [0.717, 1.165) is 0 Å². The Morgan fingerprint density at radius 1 is 0.769 bits per heavy atom. The normalized spacial score (nSPS) is 6.00. The lowest BCUT2D eigenvalue weighted by atomic mass is 10.1. The molecule has 1 aromatic rings.